The zero-order chi connectivity index (χ0) is 13.1. The molecule has 1 aromatic heterocycles. The van der Waals surface area contributed by atoms with Crippen LogP contribution in [-0.2, 0) is 6.42 Å². The lowest BCUT2D eigenvalue weighted by molar-refractivity contribution is 0.0946. The third-order valence-corrected chi connectivity index (χ3v) is 3.09. The van der Waals surface area contributed by atoms with Gasteiger partial charge in [0.1, 0.15) is 5.58 Å². The molecule has 18 heavy (non-hydrogen) atoms. The summed E-state index contributed by atoms with van der Waals surface area (Å²) in [6.07, 6.45) is 1.32. The summed E-state index contributed by atoms with van der Waals surface area (Å²) in [4.78, 5) is 14.2. The van der Waals surface area contributed by atoms with Gasteiger partial charge in [-0.05, 0) is 26.6 Å². The first-order valence-corrected chi connectivity index (χ1v) is 6.31. The van der Waals surface area contributed by atoms with Crippen molar-refractivity contribution in [3.8, 4) is 0 Å². The van der Waals surface area contributed by atoms with Crippen LogP contribution in [-0.4, -0.2) is 31.3 Å². The van der Waals surface area contributed by atoms with Crippen LogP contribution in [0.1, 0.15) is 29.5 Å². The zero-order valence-corrected chi connectivity index (χ0v) is 11.2. The molecule has 96 valence electrons. The van der Waals surface area contributed by atoms with Crippen LogP contribution in [0.2, 0.25) is 0 Å². The Kier molecular flexibility index (Phi) is 3.82. The summed E-state index contributed by atoms with van der Waals surface area (Å²) in [6.45, 7) is 2.80. The van der Waals surface area contributed by atoms with E-state index in [0.29, 0.717) is 12.2 Å². The van der Waals surface area contributed by atoms with Gasteiger partial charge in [0.15, 0.2) is 11.5 Å². The number of furan rings is 1. The van der Waals surface area contributed by atoms with Gasteiger partial charge in [-0.2, -0.15) is 0 Å². The van der Waals surface area contributed by atoms with Gasteiger partial charge >= 0.3 is 0 Å². The number of para-hydroxylation sites is 1. The van der Waals surface area contributed by atoms with Crippen molar-refractivity contribution >= 4 is 16.8 Å². The van der Waals surface area contributed by atoms with E-state index in [1.54, 1.807) is 0 Å². The van der Waals surface area contributed by atoms with Crippen LogP contribution in [0.3, 0.4) is 0 Å². The largest absolute Gasteiger partial charge is 0.453 e. The van der Waals surface area contributed by atoms with Crippen molar-refractivity contribution in [1.29, 1.82) is 0 Å². The van der Waals surface area contributed by atoms with E-state index in [4.69, 9.17) is 4.42 Å². The van der Waals surface area contributed by atoms with E-state index in [9.17, 15) is 4.79 Å². The minimum absolute atomic E-state index is 0.0942. The van der Waals surface area contributed by atoms with Gasteiger partial charge in [0.05, 0.1) is 0 Å². The SMILES string of the molecule is CCc1c(C(=O)CCN(C)C)oc2ccccc12. The second kappa shape index (κ2) is 5.36. The van der Waals surface area contributed by atoms with Crippen LogP contribution in [0.25, 0.3) is 11.0 Å². The van der Waals surface area contributed by atoms with Crippen LogP contribution in [0.5, 0.6) is 0 Å². The highest BCUT2D eigenvalue weighted by atomic mass is 16.3. The fraction of sp³-hybridized carbons (Fsp3) is 0.400. The average Bonchev–Trinajstić information content (AvgIpc) is 2.74. The van der Waals surface area contributed by atoms with Crippen molar-refractivity contribution in [2.24, 2.45) is 0 Å². The quantitative estimate of drug-likeness (QED) is 0.759. The van der Waals surface area contributed by atoms with E-state index in [0.717, 1.165) is 29.5 Å². The first kappa shape index (κ1) is 12.8. The summed E-state index contributed by atoms with van der Waals surface area (Å²) in [5.74, 6) is 0.636. The summed E-state index contributed by atoms with van der Waals surface area (Å²) in [5.41, 5.74) is 1.84. The topological polar surface area (TPSA) is 33.5 Å². The number of benzene rings is 1. The fourth-order valence-corrected chi connectivity index (χ4v) is 2.11. The van der Waals surface area contributed by atoms with Crippen LogP contribution in [0.15, 0.2) is 28.7 Å². The fourth-order valence-electron chi connectivity index (χ4n) is 2.11. The number of hydrogen-bond donors (Lipinski definition) is 0. The van der Waals surface area contributed by atoms with E-state index in [1.165, 1.54) is 0 Å². The predicted octanol–water partition coefficient (Wildman–Crippen LogP) is 3.13. The Morgan fingerprint density at radius 2 is 2.00 bits per heavy atom. The maximum absolute atomic E-state index is 12.2. The highest BCUT2D eigenvalue weighted by molar-refractivity contribution is 6.00. The second-order valence-corrected chi connectivity index (χ2v) is 4.74. The highest BCUT2D eigenvalue weighted by Crippen LogP contribution is 2.27. The van der Waals surface area contributed by atoms with E-state index in [1.807, 2.05) is 43.3 Å². The van der Waals surface area contributed by atoms with E-state index >= 15 is 0 Å². The number of carbonyl (C=O) groups excluding carboxylic acids is 1. The minimum atomic E-state index is 0.0942. The Balaban J connectivity index is 2.35. The number of aryl methyl sites for hydroxylation is 1. The van der Waals surface area contributed by atoms with E-state index in [2.05, 4.69) is 6.92 Å². The number of fused-ring (bicyclic) bond motifs is 1. The predicted molar refractivity (Wildman–Crippen MR) is 73.1 cm³/mol. The molecule has 3 heteroatoms. The van der Waals surface area contributed by atoms with Crippen LogP contribution >= 0.6 is 0 Å². The van der Waals surface area contributed by atoms with Gasteiger partial charge < -0.3 is 9.32 Å². The maximum Gasteiger partial charge on any atom is 0.199 e. The minimum Gasteiger partial charge on any atom is -0.453 e. The molecule has 0 aliphatic heterocycles. The van der Waals surface area contributed by atoms with Crippen LogP contribution in [0, 0.1) is 0 Å². The molecule has 0 fully saturated rings. The van der Waals surface area contributed by atoms with Crippen molar-refractivity contribution in [3.63, 3.8) is 0 Å². The van der Waals surface area contributed by atoms with Gasteiger partial charge in [-0.1, -0.05) is 25.1 Å². The molecule has 2 rings (SSSR count). The van der Waals surface area contributed by atoms with Crippen molar-refractivity contribution < 1.29 is 9.21 Å². The molecule has 0 amide bonds. The van der Waals surface area contributed by atoms with Crippen molar-refractivity contribution in [2.75, 3.05) is 20.6 Å². The second-order valence-electron chi connectivity index (χ2n) is 4.74. The zero-order valence-electron chi connectivity index (χ0n) is 11.2. The normalized spacial score (nSPS) is 11.3. The van der Waals surface area contributed by atoms with Gasteiger partial charge in [0, 0.05) is 23.9 Å². The lowest BCUT2D eigenvalue weighted by Crippen LogP contribution is -2.16. The molecule has 0 N–H and O–H groups in total. The summed E-state index contributed by atoms with van der Waals surface area (Å²) in [5, 5.41) is 1.06. The summed E-state index contributed by atoms with van der Waals surface area (Å²) in [7, 11) is 3.93. The molecule has 0 aliphatic rings. The lowest BCUT2D eigenvalue weighted by Gasteiger charge is -2.07. The molecule has 0 radical (unpaired) electrons. The summed E-state index contributed by atoms with van der Waals surface area (Å²) < 4.78 is 5.72. The maximum atomic E-state index is 12.2. The third-order valence-electron chi connectivity index (χ3n) is 3.09. The van der Waals surface area contributed by atoms with Gasteiger partial charge in [-0.25, -0.2) is 0 Å². The Morgan fingerprint density at radius 1 is 1.28 bits per heavy atom. The van der Waals surface area contributed by atoms with Crippen molar-refractivity contribution in [1.82, 2.24) is 4.90 Å². The Labute approximate surface area is 107 Å². The monoisotopic (exact) mass is 245 g/mol. The molecule has 2 aromatic rings. The molecule has 0 unspecified atom stereocenters. The third kappa shape index (κ3) is 2.46. The Hall–Kier alpha value is -1.61. The summed E-state index contributed by atoms with van der Waals surface area (Å²) in [6, 6.07) is 7.84. The number of carbonyl (C=O) groups is 1. The Morgan fingerprint density at radius 3 is 2.67 bits per heavy atom. The van der Waals surface area contributed by atoms with Gasteiger partial charge in [-0.3, -0.25) is 4.79 Å². The highest BCUT2D eigenvalue weighted by Gasteiger charge is 2.18. The molecule has 1 heterocycles. The molecule has 0 atom stereocenters. The Bertz CT molecular complexity index is 555. The molecular weight excluding hydrogens is 226 g/mol. The van der Waals surface area contributed by atoms with Gasteiger partial charge in [0.25, 0.3) is 0 Å². The lowest BCUT2D eigenvalue weighted by atomic mass is 10.1. The molecule has 0 aliphatic carbocycles. The molecule has 1 aromatic carbocycles. The molecule has 0 saturated carbocycles. The van der Waals surface area contributed by atoms with Gasteiger partial charge in [-0.15, -0.1) is 0 Å². The molecule has 0 bridgehead atoms. The van der Waals surface area contributed by atoms with Crippen LogP contribution in [0.4, 0.5) is 0 Å². The molecule has 3 nitrogen and oxygen atoms in total. The van der Waals surface area contributed by atoms with Crippen LogP contribution < -0.4 is 0 Å². The van der Waals surface area contributed by atoms with E-state index in [-0.39, 0.29) is 5.78 Å². The molecule has 0 spiro atoms. The average molecular weight is 245 g/mol. The smallest absolute Gasteiger partial charge is 0.199 e. The standard InChI is InChI=1S/C15H19NO2/c1-4-11-12-7-5-6-8-14(12)18-15(11)13(17)9-10-16(2)3/h5-8H,4,9-10H2,1-3H3. The van der Waals surface area contributed by atoms with E-state index < -0.39 is 0 Å². The van der Waals surface area contributed by atoms with Crippen molar-refractivity contribution in [3.05, 3.63) is 35.6 Å². The summed E-state index contributed by atoms with van der Waals surface area (Å²) >= 11 is 0. The van der Waals surface area contributed by atoms with Gasteiger partial charge in [0.2, 0.25) is 0 Å². The number of nitrogens with zero attached hydrogens (tertiary/aromatic N) is 1. The molecule has 0 saturated heterocycles. The first-order chi connectivity index (χ1) is 8.63. The number of ketones is 1. The number of Topliss-reactive ketones (excluding diaryl/α,β-unsaturated/α-hetero) is 1. The first-order valence-electron chi connectivity index (χ1n) is 6.31. The molecular formula is C15H19NO2. The number of hydrogen-bond acceptors (Lipinski definition) is 3. The van der Waals surface area contributed by atoms with Crippen molar-refractivity contribution in [2.45, 2.75) is 19.8 Å². The number of rotatable bonds is 5.